The molecule has 0 radical (unpaired) electrons. The van der Waals surface area contributed by atoms with Gasteiger partial charge in [0, 0.05) is 31.5 Å². The predicted octanol–water partition coefficient (Wildman–Crippen LogP) is 4.44. The second-order valence-electron chi connectivity index (χ2n) is 8.16. The minimum Gasteiger partial charge on any atom is -0.389 e. The second kappa shape index (κ2) is 7.13. The zero-order valence-electron chi connectivity index (χ0n) is 15.4. The van der Waals surface area contributed by atoms with E-state index in [-0.39, 0.29) is 18.4 Å². The molecule has 1 fully saturated rings. The molecule has 2 aliphatic heterocycles. The fourth-order valence-corrected chi connectivity index (χ4v) is 4.72. The van der Waals surface area contributed by atoms with E-state index in [1.54, 1.807) is 0 Å². The number of aliphatic hydroxyl groups is 1. The van der Waals surface area contributed by atoms with E-state index in [4.69, 9.17) is 0 Å². The van der Waals surface area contributed by atoms with E-state index in [1.165, 1.54) is 16.7 Å². The van der Waals surface area contributed by atoms with Crippen molar-refractivity contribution < 1.29 is 9.50 Å². The Morgan fingerprint density at radius 3 is 2.92 bits per heavy atom. The Kier molecular flexibility index (Phi) is 5.31. The average molecular weight is 333 g/mol. The quantitative estimate of drug-likeness (QED) is 0.861. The first-order valence-electron chi connectivity index (χ1n) is 9.58. The van der Waals surface area contributed by atoms with Gasteiger partial charge in [-0.3, -0.25) is 9.29 Å². The Morgan fingerprint density at radius 2 is 2.21 bits per heavy atom. The molecule has 0 amide bonds. The highest BCUT2D eigenvalue weighted by Gasteiger charge is 2.47. The maximum atomic E-state index is 13.2. The molecule has 0 spiro atoms. The fraction of sp³-hybridized carbons (Fsp3) is 0.714. The molecule has 2 aliphatic rings. The van der Waals surface area contributed by atoms with Crippen molar-refractivity contribution in [2.75, 3.05) is 19.8 Å². The van der Waals surface area contributed by atoms with Crippen LogP contribution < -0.4 is 0 Å². The maximum Gasteiger partial charge on any atom is 0.0922 e. The summed E-state index contributed by atoms with van der Waals surface area (Å²) in [7, 11) is 0. The molecule has 0 saturated carbocycles. The number of nitrogens with zero attached hydrogens (tertiary/aromatic N) is 1. The minimum atomic E-state index is -0.862. The zero-order valence-corrected chi connectivity index (χ0v) is 15.4. The molecule has 2 nitrogen and oxygen atoms in total. The van der Waals surface area contributed by atoms with Gasteiger partial charge >= 0.3 is 0 Å². The van der Waals surface area contributed by atoms with Crippen molar-refractivity contribution in [2.24, 2.45) is 11.8 Å². The van der Waals surface area contributed by atoms with Gasteiger partial charge in [0.15, 0.2) is 0 Å². The van der Waals surface area contributed by atoms with E-state index in [0.29, 0.717) is 12.3 Å². The molecule has 4 atom stereocenters. The van der Waals surface area contributed by atoms with Crippen LogP contribution in [0.25, 0.3) is 0 Å². The standard InChI is InChI=1S/C21H32FNO/c1-4-15(2)12-18-14-23-10-7-17-11-16(3)5-6-19(17)20(23)13-21(18,24)8-9-22/h5-6,11,15,18,20,24H,4,7-10,12-14H2,1-3H3/t15?,18-,20-,21-/m0/s1/i22+0. The Labute approximate surface area is 146 Å². The Hall–Kier alpha value is -0.930. The summed E-state index contributed by atoms with van der Waals surface area (Å²) in [5.74, 6) is 0.767. The maximum absolute atomic E-state index is 13.2. The molecule has 1 aromatic carbocycles. The largest absolute Gasteiger partial charge is 0.389 e. The molecule has 1 aromatic rings. The van der Waals surface area contributed by atoms with Gasteiger partial charge < -0.3 is 5.11 Å². The van der Waals surface area contributed by atoms with Crippen LogP contribution in [0.1, 0.15) is 62.3 Å². The minimum absolute atomic E-state index is 0.187. The highest BCUT2D eigenvalue weighted by Crippen LogP contribution is 2.46. The molecule has 0 bridgehead atoms. The third-order valence-corrected chi connectivity index (χ3v) is 6.44. The molecule has 1 unspecified atom stereocenters. The van der Waals surface area contributed by atoms with Gasteiger partial charge in [-0.25, -0.2) is 0 Å². The third kappa shape index (κ3) is 3.39. The number of alkyl halides is 1. The first-order valence-corrected chi connectivity index (χ1v) is 9.58. The zero-order chi connectivity index (χ0) is 17.3. The summed E-state index contributed by atoms with van der Waals surface area (Å²) in [5.41, 5.74) is 3.20. The van der Waals surface area contributed by atoms with Gasteiger partial charge in [-0.05, 0) is 43.2 Å². The SMILES string of the molecule is CCC(C)C[C@H]1CN2CCc3cc(C)ccc3[C@@H]2C[C@@]1(O)CC[19F]. The molecular formula is C21H32FNO. The average Bonchev–Trinajstić information content (AvgIpc) is 2.55. The van der Waals surface area contributed by atoms with Crippen LogP contribution in [0, 0.1) is 18.8 Å². The molecule has 3 rings (SSSR count). The van der Waals surface area contributed by atoms with Crippen molar-refractivity contribution in [3.8, 4) is 0 Å². The lowest BCUT2D eigenvalue weighted by Gasteiger charge is -2.52. The number of aryl methyl sites for hydroxylation is 1. The van der Waals surface area contributed by atoms with Crippen LogP contribution in [0.5, 0.6) is 0 Å². The van der Waals surface area contributed by atoms with Crippen molar-refractivity contribution in [3.63, 3.8) is 0 Å². The lowest BCUT2D eigenvalue weighted by atomic mass is 9.69. The lowest BCUT2D eigenvalue weighted by molar-refractivity contribution is -0.111. The first kappa shape index (κ1) is 17.9. The van der Waals surface area contributed by atoms with Crippen molar-refractivity contribution in [1.29, 1.82) is 0 Å². The molecule has 0 aromatic heterocycles. The van der Waals surface area contributed by atoms with Crippen LogP contribution in [0.15, 0.2) is 18.2 Å². The van der Waals surface area contributed by atoms with Crippen LogP contribution in [-0.4, -0.2) is 35.4 Å². The van der Waals surface area contributed by atoms with E-state index in [9.17, 15) is 9.50 Å². The highest BCUT2D eigenvalue weighted by atomic mass is 19.1. The van der Waals surface area contributed by atoms with Crippen LogP contribution in [0.4, 0.5) is 4.39 Å². The predicted molar refractivity (Wildman–Crippen MR) is 96.9 cm³/mol. The number of rotatable bonds is 5. The van der Waals surface area contributed by atoms with Crippen LogP contribution in [0.3, 0.4) is 0 Å². The lowest BCUT2D eigenvalue weighted by Crippen LogP contribution is -2.55. The molecule has 24 heavy (non-hydrogen) atoms. The van der Waals surface area contributed by atoms with Crippen molar-refractivity contribution in [1.82, 2.24) is 4.90 Å². The van der Waals surface area contributed by atoms with Crippen LogP contribution >= 0.6 is 0 Å². The normalized spacial score (nSPS) is 31.4. The van der Waals surface area contributed by atoms with Crippen molar-refractivity contribution in [3.05, 3.63) is 34.9 Å². The third-order valence-electron chi connectivity index (χ3n) is 6.44. The van der Waals surface area contributed by atoms with Gasteiger partial charge in [0.25, 0.3) is 0 Å². The summed E-state index contributed by atoms with van der Waals surface area (Å²) in [6.07, 6.45) is 4.16. The smallest absolute Gasteiger partial charge is 0.0922 e. The molecule has 1 N–H and O–H groups in total. The molecular weight excluding hydrogens is 301 g/mol. The molecule has 3 heteroatoms. The van der Waals surface area contributed by atoms with Gasteiger partial charge in [-0.1, -0.05) is 44.0 Å². The van der Waals surface area contributed by atoms with Gasteiger partial charge in [-0.2, -0.15) is 0 Å². The number of hydrogen-bond donors (Lipinski definition) is 1. The summed E-state index contributed by atoms with van der Waals surface area (Å²) in [6, 6.07) is 6.93. The summed E-state index contributed by atoms with van der Waals surface area (Å²) in [5, 5.41) is 11.3. The number of halogens is 1. The van der Waals surface area contributed by atoms with E-state index >= 15 is 0 Å². The van der Waals surface area contributed by atoms with Gasteiger partial charge in [0.2, 0.25) is 0 Å². The summed E-state index contributed by atoms with van der Waals surface area (Å²) >= 11 is 0. The summed E-state index contributed by atoms with van der Waals surface area (Å²) in [4.78, 5) is 2.54. The van der Waals surface area contributed by atoms with E-state index < -0.39 is 12.3 Å². The number of benzene rings is 1. The van der Waals surface area contributed by atoms with Crippen LogP contribution in [0.2, 0.25) is 0 Å². The Balaban J connectivity index is 1.87. The van der Waals surface area contributed by atoms with Crippen LogP contribution in [-0.2, 0) is 6.42 Å². The summed E-state index contributed by atoms with van der Waals surface area (Å²) < 4.78 is 13.2. The molecule has 134 valence electrons. The van der Waals surface area contributed by atoms with Crippen molar-refractivity contribution >= 4 is 0 Å². The molecule has 1 saturated heterocycles. The summed E-state index contributed by atoms with van der Waals surface area (Å²) in [6.45, 7) is 8.11. The molecule has 2 heterocycles. The van der Waals surface area contributed by atoms with Crippen molar-refractivity contribution in [2.45, 2.75) is 64.5 Å². The number of piperidine rings is 1. The topological polar surface area (TPSA) is 23.5 Å². The van der Waals surface area contributed by atoms with E-state index in [1.807, 2.05) is 0 Å². The Morgan fingerprint density at radius 1 is 1.42 bits per heavy atom. The first-order chi connectivity index (χ1) is 11.5. The number of fused-ring (bicyclic) bond motifs is 3. The second-order valence-corrected chi connectivity index (χ2v) is 8.16. The van der Waals surface area contributed by atoms with Gasteiger partial charge in [-0.15, -0.1) is 0 Å². The molecule has 0 aliphatic carbocycles. The van der Waals surface area contributed by atoms with Gasteiger partial charge in [0.1, 0.15) is 0 Å². The highest BCUT2D eigenvalue weighted by molar-refractivity contribution is 5.36. The van der Waals surface area contributed by atoms with E-state index in [0.717, 1.165) is 32.4 Å². The Bertz CT molecular complexity index is 575. The monoisotopic (exact) mass is 333 g/mol. The van der Waals surface area contributed by atoms with E-state index in [2.05, 4.69) is 43.9 Å². The fourth-order valence-electron chi connectivity index (χ4n) is 4.72. The van der Waals surface area contributed by atoms with Gasteiger partial charge in [0.05, 0.1) is 12.3 Å². The number of hydrogen-bond acceptors (Lipinski definition) is 2.